The average molecular weight is 416 g/mol. The number of hydrogen-bond acceptors (Lipinski definition) is 6. The molecule has 2 heterocycles. The Morgan fingerprint density at radius 3 is 2.71 bits per heavy atom. The van der Waals surface area contributed by atoms with Crippen LogP contribution in [-0.4, -0.2) is 47.9 Å². The van der Waals surface area contributed by atoms with Crippen molar-refractivity contribution >= 4 is 29.4 Å². The van der Waals surface area contributed by atoms with Gasteiger partial charge in [0.15, 0.2) is 0 Å². The van der Waals surface area contributed by atoms with Crippen LogP contribution in [0, 0.1) is 11.3 Å². The molecule has 7 heteroatoms. The number of amides is 1. The highest BCUT2D eigenvalue weighted by Gasteiger charge is 2.29. The molecule has 2 aromatic rings. The van der Waals surface area contributed by atoms with Gasteiger partial charge in [0.25, 0.3) is 0 Å². The van der Waals surface area contributed by atoms with Gasteiger partial charge in [-0.2, -0.15) is 17.0 Å². The van der Waals surface area contributed by atoms with E-state index in [0.29, 0.717) is 18.5 Å². The largest absolute Gasteiger partial charge is 0.464 e. The molecule has 0 aliphatic carbocycles. The Morgan fingerprint density at radius 2 is 2.00 bits per heavy atom. The van der Waals surface area contributed by atoms with Crippen molar-refractivity contribution in [3.8, 4) is 6.07 Å². The second-order valence-corrected chi connectivity index (χ2v) is 9.25. The highest BCUT2D eigenvalue weighted by atomic mass is 32.2. The van der Waals surface area contributed by atoms with Gasteiger partial charge in [-0.1, -0.05) is 12.1 Å². The standard InChI is InChI=1S/C21H25N3O2S2/c1-23(2)14-18-7-8-19(26-18)15-27-12-10-24-20(25)9-11-28-21(24)17-5-3-16(13-22)4-6-17/h3-8,21H,9-12,14-15H2,1-2H3. The summed E-state index contributed by atoms with van der Waals surface area (Å²) in [6.07, 6.45) is 0.591. The number of nitriles is 1. The Hall–Kier alpha value is -1.88. The average Bonchev–Trinajstić information content (AvgIpc) is 3.12. The molecule has 1 amide bonds. The molecule has 1 saturated heterocycles. The van der Waals surface area contributed by atoms with Gasteiger partial charge in [-0.15, -0.1) is 11.8 Å². The zero-order valence-electron chi connectivity index (χ0n) is 16.3. The lowest BCUT2D eigenvalue weighted by Crippen LogP contribution is -2.38. The van der Waals surface area contributed by atoms with Crippen molar-refractivity contribution in [2.24, 2.45) is 0 Å². The molecule has 0 spiro atoms. The van der Waals surface area contributed by atoms with E-state index in [-0.39, 0.29) is 11.3 Å². The van der Waals surface area contributed by atoms with E-state index >= 15 is 0 Å². The first-order valence-electron chi connectivity index (χ1n) is 9.28. The minimum atomic E-state index is 0.0323. The molecular formula is C21H25N3O2S2. The molecule has 1 aromatic carbocycles. The summed E-state index contributed by atoms with van der Waals surface area (Å²) < 4.78 is 5.85. The van der Waals surface area contributed by atoms with Crippen molar-refractivity contribution in [3.63, 3.8) is 0 Å². The Labute approximate surface area is 175 Å². The van der Waals surface area contributed by atoms with Crippen LogP contribution in [0.5, 0.6) is 0 Å². The van der Waals surface area contributed by atoms with Crippen LogP contribution < -0.4 is 0 Å². The van der Waals surface area contributed by atoms with Crippen molar-refractivity contribution in [1.82, 2.24) is 9.80 Å². The molecule has 1 fully saturated rings. The quantitative estimate of drug-likeness (QED) is 0.605. The Bertz CT molecular complexity index is 827. The molecular weight excluding hydrogens is 390 g/mol. The molecule has 5 nitrogen and oxygen atoms in total. The molecule has 0 radical (unpaired) electrons. The molecule has 1 atom stereocenters. The maximum absolute atomic E-state index is 12.5. The van der Waals surface area contributed by atoms with Crippen molar-refractivity contribution in [1.29, 1.82) is 5.26 Å². The number of thioether (sulfide) groups is 2. The first-order valence-corrected chi connectivity index (χ1v) is 11.5. The van der Waals surface area contributed by atoms with Gasteiger partial charge in [0.1, 0.15) is 16.9 Å². The summed E-state index contributed by atoms with van der Waals surface area (Å²) in [7, 11) is 4.05. The number of rotatable bonds is 8. The van der Waals surface area contributed by atoms with Gasteiger partial charge in [0.05, 0.1) is 23.9 Å². The summed E-state index contributed by atoms with van der Waals surface area (Å²) in [5.41, 5.74) is 1.73. The van der Waals surface area contributed by atoms with Gasteiger partial charge in [0.2, 0.25) is 5.91 Å². The topological polar surface area (TPSA) is 60.5 Å². The third-order valence-electron chi connectivity index (χ3n) is 4.43. The number of nitrogens with zero attached hydrogens (tertiary/aromatic N) is 3. The SMILES string of the molecule is CN(C)Cc1ccc(CSCCN2C(=O)CCSC2c2ccc(C#N)cc2)o1. The molecule has 1 aliphatic rings. The second-order valence-electron chi connectivity index (χ2n) is 6.95. The van der Waals surface area contributed by atoms with Crippen LogP contribution in [0.2, 0.25) is 0 Å². The van der Waals surface area contributed by atoms with Crippen LogP contribution in [-0.2, 0) is 17.1 Å². The predicted molar refractivity (Wildman–Crippen MR) is 115 cm³/mol. The van der Waals surface area contributed by atoms with Gasteiger partial charge < -0.3 is 14.2 Å². The minimum Gasteiger partial charge on any atom is -0.464 e. The van der Waals surface area contributed by atoms with E-state index in [2.05, 4.69) is 11.0 Å². The third kappa shape index (κ3) is 5.57. The zero-order valence-corrected chi connectivity index (χ0v) is 17.9. The predicted octanol–water partition coefficient (Wildman–Crippen LogP) is 4.11. The molecule has 148 valence electrons. The third-order valence-corrected chi connectivity index (χ3v) is 6.67. The highest BCUT2D eigenvalue weighted by molar-refractivity contribution is 7.99. The number of benzene rings is 1. The normalized spacial score (nSPS) is 17.1. The van der Waals surface area contributed by atoms with Crippen LogP contribution in [0.3, 0.4) is 0 Å². The van der Waals surface area contributed by atoms with Gasteiger partial charge in [-0.25, -0.2) is 0 Å². The zero-order chi connectivity index (χ0) is 19.9. The van der Waals surface area contributed by atoms with Crippen LogP contribution in [0.1, 0.15) is 34.4 Å². The van der Waals surface area contributed by atoms with Crippen LogP contribution >= 0.6 is 23.5 Å². The van der Waals surface area contributed by atoms with E-state index in [4.69, 9.17) is 9.68 Å². The van der Waals surface area contributed by atoms with Crippen LogP contribution in [0.15, 0.2) is 40.8 Å². The molecule has 0 saturated carbocycles. The smallest absolute Gasteiger partial charge is 0.224 e. The molecule has 1 aromatic heterocycles. The van der Waals surface area contributed by atoms with Crippen molar-refractivity contribution < 1.29 is 9.21 Å². The fraction of sp³-hybridized carbons (Fsp3) is 0.429. The number of carbonyl (C=O) groups is 1. The minimum absolute atomic E-state index is 0.0323. The Balaban J connectivity index is 1.54. The summed E-state index contributed by atoms with van der Waals surface area (Å²) in [5.74, 6) is 4.68. The van der Waals surface area contributed by atoms with Crippen LogP contribution in [0.4, 0.5) is 0 Å². The van der Waals surface area contributed by atoms with E-state index in [9.17, 15) is 4.79 Å². The van der Waals surface area contributed by atoms with Gasteiger partial charge in [-0.3, -0.25) is 4.79 Å². The molecule has 1 unspecified atom stereocenters. The summed E-state index contributed by atoms with van der Waals surface area (Å²) in [4.78, 5) is 16.6. The summed E-state index contributed by atoms with van der Waals surface area (Å²) in [6.45, 7) is 1.52. The van der Waals surface area contributed by atoms with E-state index in [0.717, 1.165) is 40.9 Å². The summed E-state index contributed by atoms with van der Waals surface area (Å²) in [5, 5.41) is 9.01. The lowest BCUT2D eigenvalue weighted by atomic mass is 10.1. The van der Waals surface area contributed by atoms with Crippen molar-refractivity contribution in [3.05, 3.63) is 59.0 Å². The number of hydrogen-bond donors (Lipinski definition) is 0. The highest BCUT2D eigenvalue weighted by Crippen LogP contribution is 2.37. The number of carbonyl (C=O) groups excluding carboxylic acids is 1. The fourth-order valence-corrected chi connectivity index (χ4v) is 5.19. The van der Waals surface area contributed by atoms with Gasteiger partial charge >= 0.3 is 0 Å². The van der Waals surface area contributed by atoms with Gasteiger partial charge in [-0.05, 0) is 43.9 Å². The van der Waals surface area contributed by atoms with E-state index in [1.807, 2.05) is 55.4 Å². The Kier molecular flexibility index (Phi) is 7.49. The first-order chi connectivity index (χ1) is 13.6. The lowest BCUT2D eigenvalue weighted by molar-refractivity contribution is -0.131. The second kappa shape index (κ2) is 10.1. The Morgan fingerprint density at radius 1 is 1.25 bits per heavy atom. The van der Waals surface area contributed by atoms with E-state index < -0.39 is 0 Å². The number of furan rings is 1. The lowest BCUT2D eigenvalue weighted by Gasteiger charge is -2.35. The summed E-state index contributed by atoms with van der Waals surface area (Å²) >= 11 is 3.58. The maximum atomic E-state index is 12.5. The first kappa shape index (κ1) is 20.8. The van der Waals surface area contributed by atoms with E-state index in [1.165, 1.54) is 0 Å². The monoisotopic (exact) mass is 415 g/mol. The molecule has 1 aliphatic heterocycles. The summed E-state index contributed by atoms with van der Waals surface area (Å²) in [6, 6.07) is 13.8. The van der Waals surface area contributed by atoms with E-state index in [1.54, 1.807) is 23.5 Å². The van der Waals surface area contributed by atoms with Crippen LogP contribution in [0.25, 0.3) is 0 Å². The molecule has 3 rings (SSSR count). The van der Waals surface area contributed by atoms with Gasteiger partial charge in [0, 0.05) is 24.5 Å². The maximum Gasteiger partial charge on any atom is 0.224 e. The molecule has 0 N–H and O–H groups in total. The molecule has 28 heavy (non-hydrogen) atoms. The van der Waals surface area contributed by atoms with Crippen molar-refractivity contribution in [2.45, 2.75) is 24.1 Å². The fourth-order valence-electron chi connectivity index (χ4n) is 3.09. The molecule has 0 bridgehead atoms. The van der Waals surface area contributed by atoms with Crippen molar-refractivity contribution in [2.75, 3.05) is 32.1 Å².